The van der Waals surface area contributed by atoms with Gasteiger partial charge >= 0.3 is 0 Å². The molecule has 17 heavy (non-hydrogen) atoms. The van der Waals surface area contributed by atoms with Gasteiger partial charge in [-0.15, -0.1) is 0 Å². The SMILES string of the molecule is Cc1[nH]c(C(C)CN)nc1-c1cccc(F)c1. The van der Waals surface area contributed by atoms with Crippen molar-refractivity contribution < 1.29 is 4.39 Å². The first kappa shape index (κ1) is 11.8. The van der Waals surface area contributed by atoms with Crippen LogP contribution in [0, 0.1) is 12.7 Å². The molecule has 3 N–H and O–H groups in total. The maximum atomic E-state index is 13.2. The van der Waals surface area contributed by atoms with E-state index in [-0.39, 0.29) is 11.7 Å². The van der Waals surface area contributed by atoms with Crippen molar-refractivity contribution in [3.05, 3.63) is 41.6 Å². The van der Waals surface area contributed by atoms with Crippen LogP contribution in [0.4, 0.5) is 4.39 Å². The Morgan fingerprint density at radius 1 is 1.47 bits per heavy atom. The van der Waals surface area contributed by atoms with Gasteiger partial charge in [0.25, 0.3) is 0 Å². The molecule has 0 radical (unpaired) electrons. The van der Waals surface area contributed by atoms with E-state index >= 15 is 0 Å². The predicted octanol–water partition coefficient (Wildman–Crippen LogP) is 2.59. The molecule has 0 saturated carbocycles. The predicted molar refractivity (Wildman–Crippen MR) is 66.2 cm³/mol. The fraction of sp³-hybridized carbons (Fsp3) is 0.308. The Bertz CT molecular complexity index is 519. The molecule has 0 aliphatic heterocycles. The van der Waals surface area contributed by atoms with Gasteiger partial charge in [0.1, 0.15) is 11.6 Å². The molecule has 1 atom stereocenters. The van der Waals surface area contributed by atoms with E-state index in [9.17, 15) is 4.39 Å². The van der Waals surface area contributed by atoms with Crippen LogP contribution in [-0.2, 0) is 0 Å². The zero-order valence-electron chi connectivity index (χ0n) is 10.00. The molecule has 0 amide bonds. The minimum Gasteiger partial charge on any atom is -0.345 e. The molecule has 90 valence electrons. The Morgan fingerprint density at radius 3 is 2.88 bits per heavy atom. The zero-order valence-corrected chi connectivity index (χ0v) is 10.00. The quantitative estimate of drug-likeness (QED) is 0.856. The number of hydrogen-bond acceptors (Lipinski definition) is 2. The van der Waals surface area contributed by atoms with E-state index in [2.05, 4.69) is 9.97 Å². The lowest BCUT2D eigenvalue weighted by molar-refractivity contribution is 0.628. The number of nitrogens with zero attached hydrogens (tertiary/aromatic N) is 1. The molecular formula is C13H16FN3. The Hall–Kier alpha value is -1.68. The van der Waals surface area contributed by atoms with Crippen LogP contribution in [0.25, 0.3) is 11.3 Å². The number of benzene rings is 1. The molecule has 4 heteroatoms. The van der Waals surface area contributed by atoms with Crippen molar-refractivity contribution in [3.63, 3.8) is 0 Å². The van der Waals surface area contributed by atoms with Gasteiger partial charge in [-0.3, -0.25) is 0 Å². The lowest BCUT2D eigenvalue weighted by Crippen LogP contribution is -2.10. The number of hydrogen-bond donors (Lipinski definition) is 2. The van der Waals surface area contributed by atoms with Gasteiger partial charge in [-0.05, 0) is 19.1 Å². The van der Waals surface area contributed by atoms with Crippen molar-refractivity contribution in [2.75, 3.05) is 6.54 Å². The van der Waals surface area contributed by atoms with E-state index < -0.39 is 0 Å². The first-order valence-corrected chi connectivity index (χ1v) is 5.64. The van der Waals surface area contributed by atoms with Crippen molar-refractivity contribution in [1.82, 2.24) is 9.97 Å². The number of nitrogens with one attached hydrogen (secondary N) is 1. The second-order valence-corrected chi connectivity index (χ2v) is 4.24. The van der Waals surface area contributed by atoms with E-state index in [0.717, 1.165) is 22.8 Å². The van der Waals surface area contributed by atoms with E-state index in [1.54, 1.807) is 6.07 Å². The molecule has 0 aliphatic rings. The Morgan fingerprint density at radius 2 is 2.24 bits per heavy atom. The summed E-state index contributed by atoms with van der Waals surface area (Å²) in [6.45, 7) is 4.48. The standard InChI is InChI=1S/C13H16FN3/c1-8(7-15)13-16-9(2)12(17-13)10-4-3-5-11(14)6-10/h3-6,8H,7,15H2,1-2H3,(H,16,17). The second-order valence-electron chi connectivity index (χ2n) is 4.24. The third-order valence-corrected chi connectivity index (χ3v) is 2.82. The van der Waals surface area contributed by atoms with Gasteiger partial charge in [-0.25, -0.2) is 9.37 Å². The molecule has 1 unspecified atom stereocenters. The average molecular weight is 233 g/mol. The van der Waals surface area contributed by atoms with Crippen LogP contribution < -0.4 is 5.73 Å². The highest BCUT2D eigenvalue weighted by molar-refractivity contribution is 5.61. The topological polar surface area (TPSA) is 54.7 Å². The third kappa shape index (κ3) is 2.36. The monoisotopic (exact) mass is 233 g/mol. The van der Waals surface area contributed by atoms with Crippen molar-refractivity contribution in [3.8, 4) is 11.3 Å². The second kappa shape index (κ2) is 4.67. The first-order valence-electron chi connectivity index (χ1n) is 5.64. The molecule has 2 aromatic rings. The highest BCUT2D eigenvalue weighted by atomic mass is 19.1. The van der Waals surface area contributed by atoms with E-state index in [4.69, 9.17) is 5.73 Å². The van der Waals surface area contributed by atoms with Crippen LogP contribution >= 0.6 is 0 Å². The fourth-order valence-corrected chi connectivity index (χ4v) is 1.75. The van der Waals surface area contributed by atoms with Gasteiger partial charge in [0.05, 0.1) is 5.69 Å². The summed E-state index contributed by atoms with van der Waals surface area (Å²) in [5.41, 5.74) is 8.12. The smallest absolute Gasteiger partial charge is 0.123 e. The van der Waals surface area contributed by atoms with Gasteiger partial charge in [-0.2, -0.15) is 0 Å². The normalized spacial score (nSPS) is 12.7. The maximum absolute atomic E-state index is 13.2. The van der Waals surface area contributed by atoms with Gasteiger partial charge < -0.3 is 10.7 Å². The van der Waals surface area contributed by atoms with Gasteiger partial charge in [0.2, 0.25) is 0 Å². The van der Waals surface area contributed by atoms with Crippen LogP contribution in [0.2, 0.25) is 0 Å². The molecule has 3 nitrogen and oxygen atoms in total. The maximum Gasteiger partial charge on any atom is 0.123 e. The van der Waals surface area contributed by atoms with Crippen LogP contribution in [0.15, 0.2) is 24.3 Å². The molecule has 0 bridgehead atoms. The summed E-state index contributed by atoms with van der Waals surface area (Å²) < 4.78 is 13.2. The lowest BCUT2D eigenvalue weighted by Gasteiger charge is -2.02. The number of H-pyrrole nitrogens is 1. The van der Waals surface area contributed by atoms with Gasteiger partial charge in [0, 0.05) is 23.7 Å². The molecule has 0 spiro atoms. The van der Waals surface area contributed by atoms with Crippen molar-refractivity contribution >= 4 is 0 Å². The summed E-state index contributed by atoms with van der Waals surface area (Å²) in [6, 6.07) is 6.45. The molecule has 0 saturated heterocycles. The van der Waals surface area contributed by atoms with Crippen molar-refractivity contribution in [2.24, 2.45) is 5.73 Å². The van der Waals surface area contributed by atoms with Crippen LogP contribution in [0.5, 0.6) is 0 Å². The minimum absolute atomic E-state index is 0.177. The number of aromatic amines is 1. The third-order valence-electron chi connectivity index (χ3n) is 2.82. The van der Waals surface area contributed by atoms with Crippen LogP contribution in [0.3, 0.4) is 0 Å². The molecule has 0 aliphatic carbocycles. The number of aryl methyl sites for hydroxylation is 1. The van der Waals surface area contributed by atoms with Crippen molar-refractivity contribution in [2.45, 2.75) is 19.8 Å². The summed E-state index contributed by atoms with van der Waals surface area (Å²) >= 11 is 0. The Kier molecular flexibility index (Phi) is 3.24. The molecular weight excluding hydrogens is 217 g/mol. The molecule has 2 rings (SSSR count). The van der Waals surface area contributed by atoms with E-state index in [1.165, 1.54) is 12.1 Å². The number of aromatic nitrogens is 2. The van der Waals surface area contributed by atoms with Gasteiger partial charge in [0.15, 0.2) is 0 Å². The first-order chi connectivity index (χ1) is 8.11. The highest BCUT2D eigenvalue weighted by Crippen LogP contribution is 2.24. The van der Waals surface area contributed by atoms with E-state index in [0.29, 0.717) is 6.54 Å². The largest absolute Gasteiger partial charge is 0.345 e. The number of nitrogens with two attached hydrogens (primary N) is 1. The average Bonchev–Trinajstić information content (AvgIpc) is 2.70. The van der Waals surface area contributed by atoms with Gasteiger partial charge in [-0.1, -0.05) is 19.1 Å². The molecule has 1 aromatic heterocycles. The fourth-order valence-electron chi connectivity index (χ4n) is 1.75. The zero-order chi connectivity index (χ0) is 12.4. The summed E-state index contributed by atoms with van der Waals surface area (Å²) in [5, 5.41) is 0. The number of imidazole rings is 1. The molecule has 1 aromatic carbocycles. The Labute approximate surface area is 99.9 Å². The Balaban J connectivity index is 2.42. The van der Waals surface area contributed by atoms with E-state index in [1.807, 2.05) is 19.9 Å². The highest BCUT2D eigenvalue weighted by Gasteiger charge is 2.13. The summed E-state index contributed by atoms with van der Waals surface area (Å²) in [5.74, 6) is 0.776. The van der Waals surface area contributed by atoms with Crippen LogP contribution in [-0.4, -0.2) is 16.5 Å². The molecule has 1 heterocycles. The molecule has 0 fully saturated rings. The van der Waals surface area contributed by atoms with Crippen molar-refractivity contribution in [1.29, 1.82) is 0 Å². The lowest BCUT2D eigenvalue weighted by atomic mass is 10.1. The van der Waals surface area contributed by atoms with Crippen LogP contribution in [0.1, 0.15) is 24.4 Å². The summed E-state index contributed by atoms with van der Waals surface area (Å²) in [4.78, 5) is 7.69. The number of rotatable bonds is 3. The minimum atomic E-state index is -0.252. The summed E-state index contributed by atoms with van der Waals surface area (Å²) in [7, 11) is 0. The number of halogens is 1. The summed E-state index contributed by atoms with van der Waals surface area (Å²) in [6.07, 6.45) is 0.